The zero-order valence-electron chi connectivity index (χ0n) is 34.8. The van der Waals surface area contributed by atoms with E-state index in [0.717, 1.165) is 70.6 Å². The van der Waals surface area contributed by atoms with Crippen LogP contribution in [0.15, 0.2) is 24.3 Å². The molecule has 0 radical (unpaired) electrons. The molecule has 0 aromatic carbocycles. The standard InChI is InChI=1S/C44H85NO6P/c1-6-8-10-12-14-16-18-20-22-24-26-28-30-32-34-36-41(46)40-44(49,43(48)52(50)51-39-38-45(3,4)5)42(47)37-35-33-31-29-27-25-23-21-19-17-15-13-11-9-7-2/h20-23,43,48-49,52H,6-19,24-40H2,1-5H3/q+1/b22-20-,23-21-. The van der Waals surface area contributed by atoms with E-state index in [1.54, 1.807) is 0 Å². The SMILES string of the molecule is CCCCCCCC/C=C\CCCCCCCC(=O)CC(O)(C(=O)CCCCCCC/C=C\CCCCCCCC)C(O)[PH](=O)OCC[N+](C)(C)C. The Labute approximate surface area is 322 Å². The summed E-state index contributed by atoms with van der Waals surface area (Å²) in [5, 5.41) is 22.5. The molecule has 0 saturated carbocycles. The average molecular weight is 755 g/mol. The molecule has 2 N–H and O–H groups in total. The van der Waals surface area contributed by atoms with Crippen LogP contribution >= 0.6 is 8.03 Å². The van der Waals surface area contributed by atoms with Crippen molar-refractivity contribution < 1.29 is 33.4 Å². The number of carbonyl (C=O) groups excluding carboxylic acids is 2. The van der Waals surface area contributed by atoms with Crippen LogP contribution < -0.4 is 0 Å². The molecule has 0 amide bonds. The number of rotatable bonds is 39. The minimum Gasteiger partial charge on any atom is -0.380 e. The van der Waals surface area contributed by atoms with Gasteiger partial charge < -0.3 is 19.2 Å². The van der Waals surface area contributed by atoms with Gasteiger partial charge in [-0.05, 0) is 64.2 Å². The summed E-state index contributed by atoms with van der Waals surface area (Å²) < 4.78 is 19.0. The fraction of sp³-hybridized carbons (Fsp3) is 0.864. The monoisotopic (exact) mass is 755 g/mol. The molecule has 0 bridgehead atoms. The Bertz CT molecular complexity index is 946. The summed E-state index contributed by atoms with van der Waals surface area (Å²) >= 11 is 0. The van der Waals surface area contributed by atoms with Crippen LogP contribution in [0.25, 0.3) is 0 Å². The fourth-order valence-corrected chi connectivity index (χ4v) is 7.50. The maximum Gasteiger partial charge on any atom is 0.222 e. The Hall–Kier alpha value is -1.11. The van der Waals surface area contributed by atoms with Gasteiger partial charge in [-0.1, -0.05) is 141 Å². The second kappa shape index (κ2) is 34.4. The molecule has 0 spiro atoms. The summed E-state index contributed by atoms with van der Waals surface area (Å²) in [6.07, 6.45) is 38.8. The van der Waals surface area contributed by atoms with Crippen molar-refractivity contribution in [2.75, 3.05) is 34.3 Å². The van der Waals surface area contributed by atoms with E-state index in [2.05, 4.69) is 38.2 Å². The molecule has 0 aliphatic carbocycles. The van der Waals surface area contributed by atoms with E-state index >= 15 is 0 Å². The van der Waals surface area contributed by atoms with Gasteiger partial charge in [0.2, 0.25) is 8.03 Å². The highest BCUT2D eigenvalue weighted by molar-refractivity contribution is 7.40. The Balaban J connectivity index is 4.59. The minimum atomic E-state index is -3.18. The third-order valence-corrected chi connectivity index (χ3v) is 11.4. The Kier molecular flexibility index (Phi) is 33.7. The summed E-state index contributed by atoms with van der Waals surface area (Å²) in [6, 6.07) is 0. The van der Waals surface area contributed by atoms with Crippen molar-refractivity contribution >= 4 is 19.6 Å². The summed E-state index contributed by atoms with van der Waals surface area (Å²) in [5.41, 5.74) is -2.38. The summed E-state index contributed by atoms with van der Waals surface area (Å²) in [5.74, 6) is -2.79. The van der Waals surface area contributed by atoms with Crippen LogP contribution in [-0.2, 0) is 18.7 Å². The molecule has 0 aliphatic rings. The smallest absolute Gasteiger partial charge is 0.222 e. The molecule has 306 valence electrons. The lowest BCUT2D eigenvalue weighted by Crippen LogP contribution is -2.50. The Morgan fingerprint density at radius 1 is 0.615 bits per heavy atom. The highest BCUT2D eigenvalue weighted by atomic mass is 31.1. The lowest BCUT2D eigenvalue weighted by atomic mass is 9.88. The molecule has 0 heterocycles. The first kappa shape index (κ1) is 50.9. The van der Waals surface area contributed by atoms with Crippen molar-refractivity contribution in [2.45, 2.75) is 211 Å². The molecule has 0 fully saturated rings. The van der Waals surface area contributed by atoms with Gasteiger partial charge in [-0.2, -0.15) is 0 Å². The third kappa shape index (κ3) is 30.2. The van der Waals surface area contributed by atoms with Crippen molar-refractivity contribution in [2.24, 2.45) is 0 Å². The van der Waals surface area contributed by atoms with E-state index in [0.29, 0.717) is 23.9 Å². The van der Waals surface area contributed by atoms with E-state index in [-0.39, 0.29) is 25.2 Å². The van der Waals surface area contributed by atoms with Crippen molar-refractivity contribution in [1.82, 2.24) is 0 Å². The molecule has 0 aromatic heterocycles. The lowest BCUT2D eigenvalue weighted by molar-refractivity contribution is -0.870. The molecule has 8 heteroatoms. The number of unbranched alkanes of at least 4 members (excludes halogenated alkanes) is 22. The van der Waals surface area contributed by atoms with Gasteiger partial charge in [-0.25, -0.2) is 0 Å². The van der Waals surface area contributed by atoms with E-state index in [1.807, 2.05) is 21.1 Å². The molecule has 0 rings (SSSR count). The first-order valence-corrected chi connectivity index (χ1v) is 23.1. The van der Waals surface area contributed by atoms with E-state index in [9.17, 15) is 24.4 Å². The van der Waals surface area contributed by atoms with Crippen LogP contribution in [0.5, 0.6) is 0 Å². The molecule has 0 aromatic rings. The number of aliphatic hydroxyl groups is 2. The number of quaternary nitrogens is 1. The van der Waals surface area contributed by atoms with Crippen molar-refractivity contribution in [3.63, 3.8) is 0 Å². The van der Waals surface area contributed by atoms with E-state index in [4.69, 9.17) is 4.52 Å². The molecule has 3 unspecified atom stereocenters. The molecule has 52 heavy (non-hydrogen) atoms. The highest BCUT2D eigenvalue weighted by Gasteiger charge is 2.47. The van der Waals surface area contributed by atoms with Gasteiger partial charge in [0.05, 0.1) is 21.1 Å². The summed E-state index contributed by atoms with van der Waals surface area (Å²) in [6.45, 7) is 5.17. The van der Waals surface area contributed by atoms with Crippen molar-refractivity contribution in [3.05, 3.63) is 24.3 Å². The number of ketones is 2. The normalized spacial score (nSPS) is 14.7. The van der Waals surface area contributed by atoms with Crippen molar-refractivity contribution in [1.29, 1.82) is 0 Å². The second-order valence-electron chi connectivity index (χ2n) is 16.3. The first-order chi connectivity index (χ1) is 25.0. The van der Waals surface area contributed by atoms with Gasteiger partial charge in [0, 0.05) is 19.3 Å². The van der Waals surface area contributed by atoms with Crippen LogP contribution in [0.3, 0.4) is 0 Å². The molecular weight excluding hydrogens is 669 g/mol. The predicted molar refractivity (Wildman–Crippen MR) is 222 cm³/mol. The van der Waals surface area contributed by atoms with Gasteiger partial charge in [0.25, 0.3) is 0 Å². The maximum absolute atomic E-state index is 13.4. The van der Waals surface area contributed by atoms with Gasteiger partial charge >= 0.3 is 0 Å². The fourth-order valence-electron chi connectivity index (χ4n) is 6.40. The van der Waals surface area contributed by atoms with Gasteiger partial charge in [0.1, 0.15) is 18.9 Å². The largest absolute Gasteiger partial charge is 0.380 e. The Morgan fingerprint density at radius 3 is 1.38 bits per heavy atom. The van der Waals surface area contributed by atoms with Gasteiger partial charge in [0.15, 0.2) is 17.2 Å². The number of likely N-dealkylation sites (N-methyl/N-ethyl adjacent to an activating group) is 1. The number of aliphatic hydroxyl groups excluding tert-OH is 1. The van der Waals surface area contributed by atoms with Crippen LogP contribution in [0.1, 0.15) is 200 Å². The quantitative estimate of drug-likeness (QED) is 0.0280. The number of Topliss-reactive ketones (excluding diaryl/α,β-unsaturated/α-hetero) is 2. The van der Waals surface area contributed by atoms with Crippen LogP contribution in [0.2, 0.25) is 0 Å². The predicted octanol–water partition coefficient (Wildman–Crippen LogP) is 11.8. The third-order valence-electron chi connectivity index (χ3n) is 10.0. The maximum atomic E-state index is 13.4. The van der Waals surface area contributed by atoms with Crippen LogP contribution in [-0.4, -0.2) is 72.0 Å². The molecular formula is C44H85NO6P+. The lowest BCUT2D eigenvalue weighted by Gasteiger charge is -2.31. The first-order valence-electron chi connectivity index (χ1n) is 21.7. The Morgan fingerprint density at radius 2 is 0.981 bits per heavy atom. The zero-order chi connectivity index (χ0) is 38.8. The van der Waals surface area contributed by atoms with Gasteiger partial charge in [-0.15, -0.1) is 0 Å². The minimum absolute atomic E-state index is 0.0421. The molecule has 0 saturated heterocycles. The van der Waals surface area contributed by atoms with Crippen LogP contribution in [0, 0.1) is 0 Å². The average Bonchev–Trinajstić information content (AvgIpc) is 3.10. The number of carbonyl (C=O) groups is 2. The van der Waals surface area contributed by atoms with E-state index in [1.165, 1.54) is 83.5 Å². The van der Waals surface area contributed by atoms with Gasteiger partial charge in [-0.3, -0.25) is 14.2 Å². The topological polar surface area (TPSA) is 101 Å². The molecule has 0 aliphatic heterocycles. The van der Waals surface area contributed by atoms with Crippen LogP contribution in [0.4, 0.5) is 0 Å². The number of nitrogens with zero attached hydrogens (tertiary/aromatic N) is 1. The van der Waals surface area contributed by atoms with Crippen molar-refractivity contribution in [3.8, 4) is 0 Å². The number of hydrogen-bond acceptors (Lipinski definition) is 6. The molecule has 3 atom stereocenters. The number of allylic oxidation sites excluding steroid dienone is 4. The summed E-state index contributed by atoms with van der Waals surface area (Å²) in [4.78, 5) is 26.4. The number of hydrogen-bond donors (Lipinski definition) is 2. The highest BCUT2D eigenvalue weighted by Crippen LogP contribution is 2.38. The zero-order valence-corrected chi connectivity index (χ0v) is 35.8. The second-order valence-corrected chi connectivity index (χ2v) is 17.8. The summed E-state index contributed by atoms with van der Waals surface area (Å²) in [7, 11) is 2.73. The molecule has 7 nitrogen and oxygen atoms in total. The van der Waals surface area contributed by atoms with E-state index < -0.39 is 31.7 Å².